The maximum Gasteiger partial charge on any atom is 0.433 e. The average Bonchev–Trinajstić information content (AvgIpc) is 3.31. The van der Waals surface area contributed by atoms with Crippen LogP contribution >= 0.6 is 11.3 Å². The number of benzene rings is 1. The van der Waals surface area contributed by atoms with E-state index in [0.29, 0.717) is 36.4 Å². The number of hydrogen-bond donors (Lipinski definition) is 4. The Kier molecular flexibility index (Phi) is 7.30. The number of alkyl halides is 3. The summed E-state index contributed by atoms with van der Waals surface area (Å²) in [4.78, 5) is 24.4. The Bertz CT molecular complexity index is 1240. The molecular formula is C24H26F3N5O3S. The van der Waals surface area contributed by atoms with Gasteiger partial charge in [0.05, 0.1) is 4.88 Å². The smallest absolute Gasteiger partial charge is 0.384 e. The first-order valence-electron chi connectivity index (χ1n) is 11.4. The molecule has 1 fully saturated rings. The number of nitrogens with zero attached hydrogens (tertiary/aromatic N) is 3. The minimum Gasteiger partial charge on any atom is -0.384 e. The molecule has 0 aliphatic heterocycles. The number of carbonyl (C=O) groups excluding carboxylic acids is 1. The van der Waals surface area contributed by atoms with Gasteiger partial charge in [-0.1, -0.05) is 6.07 Å². The second kappa shape index (κ2) is 10.1. The molecule has 0 radical (unpaired) electrons. The van der Waals surface area contributed by atoms with Gasteiger partial charge in [0, 0.05) is 24.1 Å². The van der Waals surface area contributed by atoms with E-state index in [1.165, 1.54) is 18.3 Å². The summed E-state index contributed by atoms with van der Waals surface area (Å²) in [5.41, 5.74) is 0.0200. The van der Waals surface area contributed by atoms with Crippen molar-refractivity contribution in [3.05, 3.63) is 52.9 Å². The van der Waals surface area contributed by atoms with Crippen LogP contribution in [0.4, 0.5) is 24.8 Å². The summed E-state index contributed by atoms with van der Waals surface area (Å²) < 4.78 is 38.9. The predicted molar refractivity (Wildman–Crippen MR) is 129 cm³/mol. The standard InChI is InChI=1S/C24H26F3N5O3S/c1-13-9-15(11-17(10-13)31-22-28-8-5-19(32-22)24(25,26)27)18-12-29-21(36-18)23(35)6-3-16(4-7-23)30-20(34)14(2)33/h5,8-12,14,16,33,35H,3-4,6-7H2,1-2H3,(H,30,34)(H,28,31,32)/t14-,16?,23?/m1/s1. The Balaban J connectivity index is 1.49. The molecule has 1 amide bonds. The zero-order valence-electron chi connectivity index (χ0n) is 19.6. The van der Waals surface area contributed by atoms with Crippen LogP contribution in [0.3, 0.4) is 0 Å². The maximum absolute atomic E-state index is 13.0. The lowest BCUT2D eigenvalue weighted by atomic mass is 9.82. The topological polar surface area (TPSA) is 120 Å². The van der Waals surface area contributed by atoms with Crippen molar-refractivity contribution in [1.29, 1.82) is 0 Å². The summed E-state index contributed by atoms with van der Waals surface area (Å²) in [6.45, 7) is 3.27. The second-order valence-electron chi connectivity index (χ2n) is 9.00. The molecule has 0 unspecified atom stereocenters. The van der Waals surface area contributed by atoms with Gasteiger partial charge in [-0.05, 0) is 68.9 Å². The highest BCUT2D eigenvalue weighted by molar-refractivity contribution is 7.15. The molecule has 8 nitrogen and oxygen atoms in total. The van der Waals surface area contributed by atoms with E-state index in [1.54, 1.807) is 18.3 Å². The lowest BCUT2D eigenvalue weighted by molar-refractivity contribution is -0.141. The van der Waals surface area contributed by atoms with E-state index in [1.807, 2.05) is 13.0 Å². The van der Waals surface area contributed by atoms with Crippen LogP contribution in [0.2, 0.25) is 0 Å². The highest BCUT2D eigenvalue weighted by Crippen LogP contribution is 2.41. The molecule has 192 valence electrons. The van der Waals surface area contributed by atoms with E-state index < -0.39 is 29.5 Å². The monoisotopic (exact) mass is 521 g/mol. The van der Waals surface area contributed by atoms with Crippen LogP contribution in [-0.2, 0) is 16.6 Å². The first kappa shape index (κ1) is 26.0. The number of hydrogen-bond acceptors (Lipinski definition) is 8. The van der Waals surface area contributed by atoms with E-state index in [9.17, 15) is 28.2 Å². The van der Waals surface area contributed by atoms with Crippen LogP contribution < -0.4 is 10.6 Å². The SMILES string of the molecule is Cc1cc(Nc2nccc(C(F)(F)F)n2)cc(-c2cnc(C3(O)CCC(NC(=O)[C@@H](C)O)CC3)s2)c1. The van der Waals surface area contributed by atoms with Crippen molar-refractivity contribution in [2.75, 3.05) is 5.32 Å². The third kappa shape index (κ3) is 6.00. The van der Waals surface area contributed by atoms with E-state index in [2.05, 4.69) is 25.6 Å². The van der Waals surface area contributed by atoms with Gasteiger partial charge in [0.1, 0.15) is 22.4 Å². The van der Waals surface area contributed by atoms with Gasteiger partial charge in [-0.15, -0.1) is 11.3 Å². The fourth-order valence-corrected chi connectivity index (χ4v) is 5.15. The molecule has 3 aromatic rings. The molecule has 0 spiro atoms. The highest BCUT2D eigenvalue weighted by atomic mass is 32.1. The first-order chi connectivity index (χ1) is 16.9. The van der Waals surface area contributed by atoms with Crippen LogP contribution in [0, 0.1) is 6.92 Å². The molecule has 1 saturated carbocycles. The molecule has 4 rings (SSSR count). The zero-order valence-corrected chi connectivity index (χ0v) is 20.5. The van der Waals surface area contributed by atoms with Gasteiger partial charge < -0.3 is 20.8 Å². The van der Waals surface area contributed by atoms with E-state index in [4.69, 9.17) is 0 Å². The number of anilines is 2. The molecule has 12 heteroatoms. The summed E-state index contributed by atoms with van der Waals surface area (Å²) in [7, 11) is 0. The van der Waals surface area contributed by atoms with Crippen molar-refractivity contribution < 1.29 is 28.2 Å². The predicted octanol–water partition coefficient (Wildman–Crippen LogP) is 4.30. The lowest BCUT2D eigenvalue weighted by Crippen LogP contribution is -2.45. The second-order valence-corrected chi connectivity index (χ2v) is 10.0. The number of amides is 1. The molecule has 36 heavy (non-hydrogen) atoms. The Morgan fingerprint density at radius 3 is 2.61 bits per heavy atom. The highest BCUT2D eigenvalue weighted by Gasteiger charge is 2.38. The van der Waals surface area contributed by atoms with Crippen molar-refractivity contribution in [2.24, 2.45) is 0 Å². The van der Waals surface area contributed by atoms with Gasteiger partial charge in [-0.25, -0.2) is 15.0 Å². The lowest BCUT2D eigenvalue weighted by Gasteiger charge is -2.35. The van der Waals surface area contributed by atoms with E-state index >= 15 is 0 Å². The molecule has 1 aliphatic carbocycles. The van der Waals surface area contributed by atoms with Crippen molar-refractivity contribution in [3.8, 4) is 10.4 Å². The molecule has 1 aliphatic rings. The van der Waals surface area contributed by atoms with E-state index in [-0.39, 0.29) is 12.0 Å². The quantitative estimate of drug-likeness (QED) is 0.382. The van der Waals surface area contributed by atoms with Crippen LogP contribution in [0.15, 0.2) is 36.7 Å². The number of thiazole rings is 1. The largest absolute Gasteiger partial charge is 0.433 e. The average molecular weight is 522 g/mol. The molecule has 2 aromatic heterocycles. The fourth-order valence-electron chi connectivity index (χ4n) is 4.10. The summed E-state index contributed by atoms with van der Waals surface area (Å²) >= 11 is 1.34. The minimum absolute atomic E-state index is 0.115. The van der Waals surface area contributed by atoms with Crippen LogP contribution in [0.5, 0.6) is 0 Å². The molecule has 1 atom stereocenters. The number of aliphatic hydroxyl groups excluding tert-OH is 1. The van der Waals surface area contributed by atoms with Crippen LogP contribution in [-0.4, -0.2) is 43.2 Å². The Morgan fingerprint density at radius 2 is 1.94 bits per heavy atom. The first-order valence-corrected chi connectivity index (χ1v) is 12.2. The zero-order chi connectivity index (χ0) is 26.1. The van der Waals surface area contributed by atoms with Gasteiger partial charge in [0.15, 0.2) is 0 Å². The maximum atomic E-state index is 13.0. The van der Waals surface area contributed by atoms with Gasteiger partial charge in [0.25, 0.3) is 0 Å². The molecule has 1 aromatic carbocycles. The number of aliphatic hydroxyl groups is 2. The Morgan fingerprint density at radius 1 is 1.22 bits per heavy atom. The Hall–Kier alpha value is -3.09. The minimum atomic E-state index is -4.57. The van der Waals surface area contributed by atoms with Gasteiger partial charge in [0.2, 0.25) is 11.9 Å². The normalized spacial score (nSPS) is 21.1. The summed E-state index contributed by atoms with van der Waals surface area (Å²) in [5.74, 6) is -0.596. The number of rotatable bonds is 6. The van der Waals surface area contributed by atoms with Gasteiger partial charge in [-0.2, -0.15) is 13.2 Å². The van der Waals surface area contributed by atoms with Crippen molar-refractivity contribution >= 4 is 28.9 Å². The van der Waals surface area contributed by atoms with Gasteiger partial charge >= 0.3 is 6.18 Å². The van der Waals surface area contributed by atoms with Crippen molar-refractivity contribution in [2.45, 2.75) is 63.5 Å². The third-order valence-electron chi connectivity index (χ3n) is 6.01. The Labute approximate surface area is 209 Å². The third-order valence-corrected chi connectivity index (χ3v) is 7.25. The number of carbonyl (C=O) groups is 1. The summed E-state index contributed by atoms with van der Waals surface area (Å²) in [6, 6.07) is 6.15. The molecule has 4 N–H and O–H groups in total. The molecule has 0 saturated heterocycles. The number of halogens is 3. The van der Waals surface area contributed by atoms with Crippen LogP contribution in [0.1, 0.15) is 48.9 Å². The molecular weight excluding hydrogens is 495 g/mol. The van der Waals surface area contributed by atoms with Crippen LogP contribution in [0.25, 0.3) is 10.4 Å². The molecule has 2 heterocycles. The number of aryl methyl sites for hydroxylation is 1. The summed E-state index contributed by atoms with van der Waals surface area (Å²) in [6.07, 6.45) is -0.997. The number of aromatic nitrogens is 3. The number of nitrogens with one attached hydrogen (secondary N) is 2. The van der Waals surface area contributed by atoms with E-state index in [0.717, 1.165) is 28.3 Å². The van der Waals surface area contributed by atoms with Crippen molar-refractivity contribution in [3.63, 3.8) is 0 Å². The fraction of sp³-hybridized carbons (Fsp3) is 0.417. The van der Waals surface area contributed by atoms with Crippen molar-refractivity contribution in [1.82, 2.24) is 20.3 Å². The molecule has 0 bridgehead atoms. The van der Waals surface area contributed by atoms with Gasteiger partial charge in [-0.3, -0.25) is 4.79 Å². The summed E-state index contributed by atoms with van der Waals surface area (Å²) in [5, 5.41) is 26.8.